The first-order chi connectivity index (χ1) is 12.0. The Kier molecular flexibility index (Phi) is 5.10. The molecule has 0 radical (unpaired) electrons. The molecule has 1 heterocycles. The van der Waals surface area contributed by atoms with Crippen LogP contribution in [0.3, 0.4) is 0 Å². The first-order valence-corrected chi connectivity index (χ1v) is 7.86. The summed E-state index contributed by atoms with van der Waals surface area (Å²) in [5.41, 5.74) is 5.21. The highest BCUT2D eigenvalue weighted by atomic mass is 16.6. The number of benzene rings is 1. The molecule has 2 rings (SSSR count). The maximum atomic E-state index is 12.4. The third kappa shape index (κ3) is 4.05. The maximum Gasteiger partial charge on any atom is 0.437 e. The van der Waals surface area contributed by atoms with Crippen LogP contribution in [0.2, 0.25) is 0 Å². The van der Waals surface area contributed by atoms with E-state index in [4.69, 9.17) is 10.5 Å². The quantitative estimate of drug-likeness (QED) is 0.460. The standard InChI is InChI=1S/C17H20N4O5/c1-9(12(22)19-15(18)20-16(25)26-17(2,3)4)21-13(23)10-7-5-6-8-11(10)14(21)24/h5-9H,1-4H3,(H3,18,19,20,22,25). The molecule has 9 nitrogen and oxygen atoms in total. The topological polar surface area (TPSA) is 131 Å². The molecule has 0 saturated carbocycles. The van der Waals surface area contributed by atoms with E-state index in [1.54, 1.807) is 32.9 Å². The maximum absolute atomic E-state index is 12.4. The second-order valence-electron chi connectivity index (χ2n) is 6.67. The van der Waals surface area contributed by atoms with Crippen molar-refractivity contribution in [3.05, 3.63) is 35.4 Å². The normalized spacial score (nSPS) is 15.5. The summed E-state index contributed by atoms with van der Waals surface area (Å²) >= 11 is 0. The zero-order valence-electron chi connectivity index (χ0n) is 14.9. The molecule has 4 amide bonds. The SMILES string of the molecule is CC(C(=O)N/C(N)=N/C(=O)OC(C)(C)C)N1C(=O)c2ccccc2C1=O. The summed E-state index contributed by atoms with van der Waals surface area (Å²) in [5.74, 6) is -2.40. The minimum Gasteiger partial charge on any atom is -0.442 e. The van der Waals surface area contributed by atoms with Crippen molar-refractivity contribution >= 4 is 29.8 Å². The van der Waals surface area contributed by atoms with Crippen LogP contribution < -0.4 is 11.1 Å². The van der Waals surface area contributed by atoms with Crippen LogP contribution in [0, 0.1) is 0 Å². The van der Waals surface area contributed by atoms with E-state index in [1.165, 1.54) is 19.1 Å². The highest BCUT2D eigenvalue weighted by molar-refractivity contribution is 6.23. The van der Waals surface area contributed by atoms with Gasteiger partial charge in [0.2, 0.25) is 11.9 Å². The Labute approximate surface area is 150 Å². The van der Waals surface area contributed by atoms with Crippen molar-refractivity contribution in [3.63, 3.8) is 0 Å². The number of imide groups is 1. The van der Waals surface area contributed by atoms with Crippen LogP contribution in [0.1, 0.15) is 48.4 Å². The van der Waals surface area contributed by atoms with Crippen molar-refractivity contribution < 1.29 is 23.9 Å². The molecular weight excluding hydrogens is 340 g/mol. The van der Waals surface area contributed by atoms with Crippen molar-refractivity contribution in [2.24, 2.45) is 10.7 Å². The van der Waals surface area contributed by atoms with Crippen LogP contribution in [-0.4, -0.2) is 46.3 Å². The fraction of sp³-hybridized carbons (Fsp3) is 0.353. The average Bonchev–Trinajstić information content (AvgIpc) is 2.76. The molecule has 138 valence electrons. The van der Waals surface area contributed by atoms with Gasteiger partial charge in [0, 0.05) is 0 Å². The molecule has 1 aliphatic rings. The number of carbonyl (C=O) groups is 4. The number of ether oxygens (including phenoxy) is 1. The Hall–Kier alpha value is -3.23. The highest BCUT2D eigenvalue weighted by Crippen LogP contribution is 2.24. The molecule has 1 aromatic rings. The van der Waals surface area contributed by atoms with E-state index in [0.29, 0.717) is 0 Å². The van der Waals surface area contributed by atoms with Gasteiger partial charge in [0.25, 0.3) is 11.8 Å². The van der Waals surface area contributed by atoms with E-state index in [0.717, 1.165) is 4.90 Å². The largest absolute Gasteiger partial charge is 0.442 e. The average molecular weight is 360 g/mol. The van der Waals surface area contributed by atoms with Gasteiger partial charge in [-0.2, -0.15) is 0 Å². The Morgan fingerprint density at radius 1 is 1.15 bits per heavy atom. The molecule has 0 saturated heterocycles. The zero-order valence-corrected chi connectivity index (χ0v) is 14.9. The molecule has 9 heteroatoms. The van der Waals surface area contributed by atoms with E-state index >= 15 is 0 Å². The summed E-state index contributed by atoms with van der Waals surface area (Å²) in [6, 6.07) is 5.14. The predicted molar refractivity (Wildman–Crippen MR) is 92.4 cm³/mol. The van der Waals surface area contributed by atoms with E-state index in [-0.39, 0.29) is 11.1 Å². The Balaban J connectivity index is 2.08. The van der Waals surface area contributed by atoms with Gasteiger partial charge in [-0.05, 0) is 39.8 Å². The van der Waals surface area contributed by atoms with Crippen molar-refractivity contribution in [2.45, 2.75) is 39.3 Å². The number of nitrogens with two attached hydrogens (primary N) is 1. The van der Waals surface area contributed by atoms with Crippen LogP contribution in [0.25, 0.3) is 0 Å². The summed E-state index contributed by atoms with van der Waals surface area (Å²) in [4.78, 5) is 52.8. The molecule has 1 aliphatic heterocycles. The molecule has 0 bridgehead atoms. The zero-order chi connectivity index (χ0) is 19.6. The predicted octanol–water partition coefficient (Wildman–Crippen LogP) is 1.04. The second-order valence-corrected chi connectivity index (χ2v) is 6.67. The number of rotatable bonds is 2. The fourth-order valence-corrected chi connectivity index (χ4v) is 2.32. The van der Waals surface area contributed by atoms with Crippen molar-refractivity contribution in [1.29, 1.82) is 0 Å². The second kappa shape index (κ2) is 6.95. The molecule has 0 aliphatic carbocycles. The third-order valence-corrected chi connectivity index (χ3v) is 3.45. The molecule has 0 spiro atoms. The van der Waals surface area contributed by atoms with Gasteiger partial charge >= 0.3 is 6.09 Å². The number of nitrogens with one attached hydrogen (secondary N) is 1. The van der Waals surface area contributed by atoms with Crippen LogP contribution in [0.15, 0.2) is 29.3 Å². The number of nitrogens with zero attached hydrogens (tertiary/aromatic N) is 2. The summed E-state index contributed by atoms with van der Waals surface area (Å²) in [6.45, 7) is 6.33. The Bertz CT molecular complexity index is 775. The number of hydrogen-bond donors (Lipinski definition) is 2. The van der Waals surface area contributed by atoms with Gasteiger partial charge in [-0.15, -0.1) is 4.99 Å². The van der Waals surface area contributed by atoms with Gasteiger partial charge in [0.05, 0.1) is 11.1 Å². The smallest absolute Gasteiger partial charge is 0.437 e. The van der Waals surface area contributed by atoms with Crippen molar-refractivity contribution in [1.82, 2.24) is 10.2 Å². The lowest BCUT2D eigenvalue weighted by Gasteiger charge is -2.21. The summed E-state index contributed by atoms with van der Waals surface area (Å²) in [7, 11) is 0. The summed E-state index contributed by atoms with van der Waals surface area (Å²) in [6.07, 6.45) is -0.969. The van der Waals surface area contributed by atoms with E-state index in [9.17, 15) is 19.2 Å². The molecule has 1 atom stereocenters. The Morgan fingerprint density at radius 3 is 2.12 bits per heavy atom. The number of guanidine groups is 1. The first kappa shape index (κ1) is 19.1. The van der Waals surface area contributed by atoms with Gasteiger partial charge in [0.15, 0.2) is 0 Å². The lowest BCUT2D eigenvalue weighted by atomic mass is 10.1. The molecule has 26 heavy (non-hydrogen) atoms. The molecule has 3 N–H and O–H groups in total. The van der Waals surface area contributed by atoms with E-state index in [2.05, 4.69) is 10.3 Å². The molecule has 1 unspecified atom stereocenters. The van der Waals surface area contributed by atoms with E-state index < -0.39 is 41.4 Å². The molecular formula is C17H20N4O5. The van der Waals surface area contributed by atoms with Crippen molar-refractivity contribution in [2.75, 3.05) is 0 Å². The number of carbonyl (C=O) groups excluding carboxylic acids is 4. The molecule has 1 aromatic carbocycles. The number of aliphatic imine (C=N–C) groups is 1. The Morgan fingerprint density at radius 2 is 1.65 bits per heavy atom. The number of amides is 4. The van der Waals surface area contributed by atoms with Crippen LogP contribution in [0.5, 0.6) is 0 Å². The van der Waals surface area contributed by atoms with Crippen LogP contribution >= 0.6 is 0 Å². The summed E-state index contributed by atoms with van der Waals surface area (Å²) in [5, 5.41) is 2.18. The lowest BCUT2D eigenvalue weighted by Crippen LogP contribution is -2.51. The third-order valence-electron chi connectivity index (χ3n) is 3.45. The minimum absolute atomic E-state index is 0.229. The molecule has 0 fully saturated rings. The first-order valence-electron chi connectivity index (χ1n) is 7.86. The lowest BCUT2D eigenvalue weighted by molar-refractivity contribution is -0.123. The van der Waals surface area contributed by atoms with Gasteiger partial charge in [-0.1, -0.05) is 12.1 Å². The minimum atomic E-state index is -1.14. The van der Waals surface area contributed by atoms with Crippen molar-refractivity contribution in [3.8, 4) is 0 Å². The molecule has 0 aromatic heterocycles. The number of hydrogen-bond acceptors (Lipinski definition) is 5. The van der Waals surface area contributed by atoms with Gasteiger partial charge in [-0.25, -0.2) is 4.79 Å². The fourth-order valence-electron chi connectivity index (χ4n) is 2.32. The highest BCUT2D eigenvalue weighted by Gasteiger charge is 2.40. The van der Waals surface area contributed by atoms with E-state index in [1.807, 2.05) is 0 Å². The van der Waals surface area contributed by atoms with Gasteiger partial charge in [-0.3, -0.25) is 24.6 Å². The summed E-state index contributed by atoms with van der Waals surface area (Å²) < 4.78 is 4.95. The van der Waals surface area contributed by atoms with Crippen LogP contribution in [0.4, 0.5) is 4.79 Å². The number of fused-ring (bicyclic) bond motifs is 1. The van der Waals surface area contributed by atoms with Crippen LogP contribution in [-0.2, 0) is 9.53 Å². The van der Waals surface area contributed by atoms with Gasteiger partial charge in [0.1, 0.15) is 11.6 Å². The van der Waals surface area contributed by atoms with Gasteiger partial charge < -0.3 is 10.5 Å². The monoisotopic (exact) mass is 360 g/mol.